The predicted molar refractivity (Wildman–Crippen MR) is 33.7 cm³/mol. The SMILES string of the molecule is CC(O)C(=O)NCCN. The van der Waals surface area contributed by atoms with E-state index in [-0.39, 0.29) is 5.91 Å². The molecule has 1 atom stereocenters. The summed E-state index contributed by atoms with van der Waals surface area (Å²) >= 11 is 0. The van der Waals surface area contributed by atoms with Crippen molar-refractivity contribution in [2.24, 2.45) is 5.73 Å². The average Bonchev–Trinajstić information content (AvgIpc) is 1.82. The first-order valence-corrected chi connectivity index (χ1v) is 2.84. The minimum atomic E-state index is -0.934. The van der Waals surface area contributed by atoms with Gasteiger partial charge in [0.05, 0.1) is 0 Å². The molecule has 4 nitrogen and oxygen atoms in total. The van der Waals surface area contributed by atoms with Gasteiger partial charge >= 0.3 is 0 Å². The second kappa shape index (κ2) is 4.29. The molecule has 0 aliphatic heterocycles. The van der Waals surface area contributed by atoms with E-state index in [4.69, 9.17) is 10.8 Å². The van der Waals surface area contributed by atoms with Crippen LogP contribution in [-0.2, 0) is 4.79 Å². The molecule has 1 amide bonds. The molecule has 0 aliphatic rings. The van der Waals surface area contributed by atoms with E-state index in [2.05, 4.69) is 5.32 Å². The molecule has 4 N–H and O–H groups in total. The van der Waals surface area contributed by atoms with Crippen LogP contribution in [0.2, 0.25) is 0 Å². The van der Waals surface area contributed by atoms with Gasteiger partial charge in [0.1, 0.15) is 6.10 Å². The number of amides is 1. The second-order valence-corrected chi connectivity index (χ2v) is 1.76. The van der Waals surface area contributed by atoms with Gasteiger partial charge in [-0.1, -0.05) is 0 Å². The van der Waals surface area contributed by atoms with Crippen LogP contribution < -0.4 is 11.1 Å². The highest BCUT2D eigenvalue weighted by Gasteiger charge is 2.05. The summed E-state index contributed by atoms with van der Waals surface area (Å²) in [6.07, 6.45) is -0.934. The van der Waals surface area contributed by atoms with Gasteiger partial charge in [-0.05, 0) is 6.92 Å². The topological polar surface area (TPSA) is 75.3 Å². The molecule has 1 unspecified atom stereocenters. The molecule has 0 aromatic carbocycles. The van der Waals surface area contributed by atoms with Crippen LogP contribution in [0.1, 0.15) is 6.92 Å². The number of hydrogen-bond donors (Lipinski definition) is 3. The van der Waals surface area contributed by atoms with E-state index < -0.39 is 6.10 Å². The highest BCUT2D eigenvalue weighted by molar-refractivity contribution is 5.79. The molecule has 0 bridgehead atoms. The highest BCUT2D eigenvalue weighted by atomic mass is 16.3. The zero-order chi connectivity index (χ0) is 7.28. The number of aliphatic hydroxyl groups is 1. The molecule has 0 spiro atoms. The van der Waals surface area contributed by atoms with Crippen LogP contribution in [0.4, 0.5) is 0 Å². The summed E-state index contributed by atoms with van der Waals surface area (Å²) in [7, 11) is 0. The Morgan fingerprint density at radius 2 is 2.44 bits per heavy atom. The fourth-order valence-electron chi connectivity index (χ4n) is 0.343. The summed E-state index contributed by atoms with van der Waals surface area (Å²) in [6.45, 7) is 2.23. The minimum absolute atomic E-state index is 0.375. The Morgan fingerprint density at radius 3 is 2.78 bits per heavy atom. The number of rotatable bonds is 3. The average molecular weight is 132 g/mol. The van der Waals surface area contributed by atoms with Crippen LogP contribution in [0.5, 0.6) is 0 Å². The van der Waals surface area contributed by atoms with Crippen molar-refractivity contribution in [2.45, 2.75) is 13.0 Å². The lowest BCUT2D eigenvalue weighted by molar-refractivity contribution is -0.128. The first-order chi connectivity index (χ1) is 4.18. The largest absolute Gasteiger partial charge is 0.384 e. The van der Waals surface area contributed by atoms with Gasteiger partial charge in [0.25, 0.3) is 0 Å². The zero-order valence-electron chi connectivity index (χ0n) is 5.42. The first kappa shape index (κ1) is 8.39. The van der Waals surface area contributed by atoms with E-state index in [1.807, 2.05) is 0 Å². The van der Waals surface area contributed by atoms with Crippen molar-refractivity contribution in [3.05, 3.63) is 0 Å². The summed E-state index contributed by atoms with van der Waals surface area (Å²) in [5, 5.41) is 11.0. The van der Waals surface area contributed by atoms with Crippen molar-refractivity contribution >= 4 is 5.91 Å². The fraction of sp³-hybridized carbons (Fsp3) is 0.800. The maximum Gasteiger partial charge on any atom is 0.248 e. The normalized spacial score (nSPS) is 12.8. The molecule has 0 aromatic heterocycles. The molecule has 0 radical (unpaired) electrons. The van der Waals surface area contributed by atoms with E-state index in [0.29, 0.717) is 13.1 Å². The standard InChI is InChI=1S/C5H12N2O2/c1-4(8)5(9)7-3-2-6/h4,8H,2-3,6H2,1H3,(H,7,9). The highest BCUT2D eigenvalue weighted by Crippen LogP contribution is 1.76. The molecule has 0 saturated carbocycles. The summed E-state index contributed by atoms with van der Waals surface area (Å²) in [5.74, 6) is -0.375. The van der Waals surface area contributed by atoms with Crippen LogP contribution >= 0.6 is 0 Å². The molecule has 54 valence electrons. The Morgan fingerprint density at radius 1 is 1.89 bits per heavy atom. The van der Waals surface area contributed by atoms with Crippen molar-refractivity contribution in [2.75, 3.05) is 13.1 Å². The molecule has 4 heteroatoms. The molecule has 0 heterocycles. The molecule has 0 rings (SSSR count). The smallest absolute Gasteiger partial charge is 0.248 e. The molecule has 0 aromatic rings. The maximum atomic E-state index is 10.5. The van der Waals surface area contributed by atoms with E-state index in [0.717, 1.165) is 0 Å². The van der Waals surface area contributed by atoms with Crippen molar-refractivity contribution in [3.8, 4) is 0 Å². The Balaban J connectivity index is 3.28. The van der Waals surface area contributed by atoms with Crippen molar-refractivity contribution in [1.29, 1.82) is 0 Å². The number of nitrogens with two attached hydrogens (primary N) is 1. The van der Waals surface area contributed by atoms with E-state index >= 15 is 0 Å². The summed E-state index contributed by atoms with van der Waals surface area (Å²) < 4.78 is 0. The summed E-state index contributed by atoms with van der Waals surface area (Å²) in [5.41, 5.74) is 5.08. The molecule has 0 aliphatic carbocycles. The fourth-order valence-corrected chi connectivity index (χ4v) is 0.343. The zero-order valence-corrected chi connectivity index (χ0v) is 5.42. The molecular weight excluding hydrogens is 120 g/mol. The molecule has 0 fully saturated rings. The van der Waals surface area contributed by atoms with Crippen LogP contribution in [-0.4, -0.2) is 30.2 Å². The molecule has 0 saturated heterocycles. The Labute approximate surface area is 54.0 Å². The molecular formula is C5H12N2O2. The number of hydrogen-bond acceptors (Lipinski definition) is 3. The third-order valence-corrected chi connectivity index (χ3v) is 0.823. The van der Waals surface area contributed by atoms with Crippen LogP contribution in [0.25, 0.3) is 0 Å². The van der Waals surface area contributed by atoms with Gasteiger partial charge in [0.15, 0.2) is 0 Å². The van der Waals surface area contributed by atoms with Gasteiger partial charge < -0.3 is 16.2 Å². The van der Waals surface area contributed by atoms with Crippen molar-refractivity contribution in [3.63, 3.8) is 0 Å². The van der Waals surface area contributed by atoms with E-state index in [1.54, 1.807) is 0 Å². The number of carbonyl (C=O) groups excluding carboxylic acids is 1. The van der Waals surface area contributed by atoms with Crippen molar-refractivity contribution < 1.29 is 9.90 Å². The lowest BCUT2D eigenvalue weighted by atomic mass is 10.4. The van der Waals surface area contributed by atoms with Crippen LogP contribution in [0.3, 0.4) is 0 Å². The number of nitrogens with one attached hydrogen (secondary N) is 1. The van der Waals surface area contributed by atoms with Gasteiger partial charge in [-0.15, -0.1) is 0 Å². The van der Waals surface area contributed by atoms with Gasteiger partial charge in [-0.3, -0.25) is 4.79 Å². The second-order valence-electron chi connectivity index (χ2n) is 1.76. The minimum Gasteiger partial charge on any atom is -0.384 e. The lowest BCUT2D eigenvalue weighted by Crippen LogP contribution is -2.35. The van der Waals surface area contributed by atoms with Gasteiger partial charge in [-0.25, -0.2) is 0 Å². The van der Waals surface area contributed by atoms with Crippen molar-refractivity contribution in [1.82, 2.24) is 5.32 Å². The third kappa shape index (κ3) is 3.93. The monoisotopic (exact) mass is 132 g/mol. The predicted octanol–water partition coefficient (Wildman–Crippen LogP) is -1.56. The molecule has 9 heavy (non-hydrogen) atoms. The summed E-state index contributed by atoms with van der Waals surface area (Å²) in [6, 6.07) is 0. The van der Waals surface area contributed by atoms with Gasteiger partial charge in [-0.2, -0.15) is 0 Å². The Bertz CT molecular complexity index is 93.0. The Kier molecular flexibility index (Phi) is 4.00. The number of aliphatic hydroxyl groups excluding tert-OH is 1. The van der Waals surface area contributed by atoms with Crippen LogP contribution in [0, 0.1) is 0 Å². The summed E-state index contributed by atoms with van der Waals surface area (Å²) in [4.78, 5) is 10.5. The maximum absolute atomic E-state index is 10.5. The van der Waals surface area contributed by atoms with E-state index in [9.17, 15) is 4.79 Å². The number of carbonyl (C=O) groups is 1. The lowest BCUT2D eigenvalue weighted by Gasteiger charge is -2.03. The van der Waals surface area contributed by atoms with Crippen LogP contribution in [0.15, 0.2) is 0 Å². The Hall–Kier alpha value is -0.610. The van der Waals surface area contributed by atoms with Gasteiger partial charge in [0, 0.05) is 13.1 Å². The third-order valence-electron chi connectivity index (χ3n) is 0.823. The van der Waals surface area contributed by atoms with E-state index in [1.165, 1.54) is 6.92 Å². The first-order valence-electron chi connectivity index (χ1n) is 2.84. The quantitative estimate of drug-likeness (QED) is 0.435. The van der Waals surface area contributed by atoms with Gasteiger partial charge in [0.2, 0.25) is 5.91 Å².